The number of ether oxygens (including phenoxy) is 2. The van der Waals surface area contributed by atoms with Crippen LogP contribution in [0.5, 0.6) is 11.5 Å². The van der Waals surface area contributed by atoms with Crippen molar-refractivity contribution in [2.45, 2.75) is 32.9 Å². The normalized spacial score (nSPS) is 10.9. The van der Waals surface area contributed by atoms with Crippen molar-refractivity contribution in [3.8, 4) is 11.5 Å². The highest BCUT2D eigenvalue weighted by Gasteiger charge is 2.18. The summed E-state index contributed by atoms with van der Waals surface area (Å²) in [5.41, 5.74) is 6.28. The van der Waals surface area contributed by atoms with Crippen molar-refractivity contribution >= 4 is 16.8 Å². The van der Waals surface area contributed by atoms with Gasteiger partial charge >= 0.3 is 0 Å². The number of hydrogen-bond acceptors (Lipinski definition) is 3. The van der Waals surface area contributed by atoms with Crippen LogP contribution in [0.25, 0.3) is 10.9 Å². The van der Waals surface area contributed by atoms with E-state index >= 15 is 0 Å². The van der Waals surface area contributed by atoms with Gasteiger partial charge in [0.05, 0.1) is 7.11 Å². The fourth-order valence-corrected chi connectivity index (χ4v) is 4.80. The van der Waals surface area contributed by atoms with Crippen molar-refractivity contribution in [3.63, 3.8) is 0 Å². The van der Waals surface area contributed by atoms with Crippen LogP contribution >= 0.6 is 0 Å². The van der Waals surface area contributed by atoms with E-state index in [1.165, 1.54) is 16.5 Å². The highest BCUT2D eigenvalue weighted by Crippen LogP contribution is 2.30. The highest BCUT2D eigenvalue weighted by molar-refractivity contribution is 5.94. The van der Waals surface area contributed by atoms with E-state index in [-0.39, 0.29) is 5.91 Å². The maximum Gasteiger partial charge on any atom is 0.254 e. The number of benzene rings is 4. The Morgan fingerprint density at radius 1 is 0.821 bits per heavy atom. The van der Waals surface area contributed by atoms with E-state index in [4.69, 9.17) is 9.47 Å². The molecule has 1 N–H and O–H groups in total. The molecule has 39 heavy (non-hydrogen) atoms. The third-order valence-corrected chi connectivity index (χ3v) is 7.06. The Bertz CT molecular complexity index is 1520. The second-order valence-electron chi connectivity index (χ2n) is 9.65. The van der Waals surface area contributed by atoms with Crippen LogP contribution in [0.4, 0.5) is 0 Å². The number of hydrogen-bond donors (Lipinski definition) is 1. The van der Waals surface area contributed by atoms with Crippen LogP contribution in [0.15, 0.2) is 103 Å². The number of carbonyl (C=O) groups is 1. The minimum absolute atomic E-state index is 0.0140. The molecule has 5 nitrogen and oxygen atoms in total. The number of methoxy groups -OCH3 is 1. The third kappa shape index (κ3) is 6.32. The minimum atomic E-state index is 0.0140. The summed E-state index contributed by atoms with van der Waals surface area (Å²) in [7, 11) is 1.64. The summed E-state index contributed by atoms with van der Waals surface area (Å²) < 4.78 is 11.7. The molecule has 0 unspecified atom stereocenters. The predicted molar refractivity (Wildman–Crippen MR) is 156 cm³/mol. The van der Waals surface area contributed by atoms with Gasteiger partial charge in [0.15, 0.2) is 11.5 Å². The first-order valence-electron chi connectivity index (χ1n) is 13.4. The van der Waals surface area contributed by atoms with Gasteiger partial charge in [0.2, 0.25) is 0 Å². The number of H-pyrrole nitrogens is 1. The smallest absolute Gasteiger partial charge is 0.254 e. The number of fused-ring (bicyclic) bond motifs is 1. The molecule has 0 aliphatic heterocycles. The molecule has 0 aliphatic carbocycles. The summed E-state index contributed by atoms with van der Waals surface area (Å²) in [6.45, 7) is 3.60. The number of nitrogens with one attached hydrogen (secondary N) is 1. The maximum absolute atomic E-state index is 13.8. The standard InChI is InChI=1S/C34H34N2O3/c1-3-25-13-16-28(17-14-25)34(37)36(20-19-29-22-35-31-12-8-7-11-30(29)31)23-27-15-18-32(38-2)33(21-27)39-24-26-9-5-4-6-10-26/h4-18,21-22,35H,3,19-20,23-24H2,1-2H3. The van der Waals surface area contributed by atoms with E-state index in [9.17, 15) is 4.79 Å². The maximum atomic E-state index is 13.8. The first kappa shape index (κ1) is 26.1. The molecule has 1 aromatic heterocycles. The molecule has 0 radical (unpaired) electrons. The van der Waals surface area contributed by atoms with Gasteiger partial charge in [-0.2, -0.15) is 0 Å². The van der Waals surface area contributed by atoms with Crippen molar-refractivity contribution in [1.82, 2.24) is 9.88 Å². The SMILES string of the molecule is CCc1ccc(C(=O)N(CCc2c[nH]c3ccccc23)Cc2ccc(OC)c(OCc3ccccc3)c2)cc1. The molecule has 5 rings (SSSR count). The second kappa shape index (κ2) is 12.4. The number of aromatic nitrogens is 1. The molecule has 198 valence electrons. The molecule has 5 aromatic rings. The number of para-hydroxylation sites is 1. The second-order valence-corrected chi connectivity index (χ2v) is 9.65. The molecule has 0 spiro atoms. The molecular weight excluding hydrogens is 484 g/mol. The highest BCUT2D eigenvalue weighted by atomic mass is 16.5. The van der Waals surface area contributed by atoms with Crippen molar-refractivity contribution in [2.75, 3.05) is 13.7 Å². The van der Waals surface area contributed by atoms with Gasteiger partial charge < -0.3 is 19.4 Å². The van der Waals surface area contributed by atoms with Crippen molar-refractivity contribution in [3.05, 3.63) is 131 Å². The summed E-state index contributed by atoms with van der Waals surface area (Å²) in [6, 6.07) is 32.1. The predicted octanol–water partition coefficient (Wildman–Crippen LogP) is 7.20. The zero-order chi connectivity index (χ0) is 27.0. The van der Waals surface area contributed by atoms with Gasteiger partial charge in [0.25, 0.3) is 5.91 Å². The van der Waals surface area contributed by atoms with E-state index in [1.807, 2.05) is 96.0 Å². The number of aromatic amines is 1. The molecule has 1 heterocycles. The molecule has 0 atom stereocenters. The number of rotatable bonds is 11. The van der Waals surface area contributed by atoms with Gasteiger partial charge in [-0.05, 0) is 65.4 Å². The average molecular weight is 519 g/mol. The van der Waals surface area contributed by atoms with Gasteiger partial charge in [-0.3, -0.25) is 4.79 Å². The summed E-state index contributed by atoms with van der Waals surface area (Å²) in [5, 5.41) is 1.19. The Morgan fingerprint density at radius 2 is 1.56 bits per heavy atom. The van der Waals surface area contributed by atoms with Gasteiger partial charge in [-0.15, -0.1) is 0 Å². The average Bonchev–Trinajstić information content (AvgIpc) is 3.41. The molecule has 1 amide bonds. The topological polar surface area (TPSA) is 54.6 Å². The molecule has 0 bridgehead atoms. The van der Waals surface area contributed by atoms with E-state index in [1.54, 1.807) is 7.11 Å². The van der Waals surface area contributed by atoms with Crippen molar-refractivity contribution in [2.24, 2.45) is 0 Å². The number of carbonyl (C=O) groups excluding carboxylic acids is 1. The Hall–Kier alpha value is -4.51. The Kier molecular flexibility index (Phi) is 8.27. The van der Waals surface area contributed by atoms with E-state index in [2.05, 4.69) is 24.0 Å². The lowest BCUT2D eigenvalue weighted by Gasteiger charge is -2.24. The molecule has 0 aliphatic rings. The number of aryl methyl sites for hydroxylation is 1. The largest absolute Gasteiger partial charge is 0.493 e. The fourth-order valence-electron chi connectivity index (χ4n) is 4.80. The monoisotopic (exact) mass is 518 g/mol. The quantitative estimate of drug-likeness (QED) is 0.201. The Morgan fingerprint density at radius 3 is 2.33 bits per heavy atom. The fraction of sp³-hybridized carbons (Fsp3) is 0.206. The van der Waals surface area contributed by atoms with Crippen LogP contribution in [-0.2, 0) is 26.0 Å². The van der Waals surface area contributed by atoms with Crippen LogP contribution in [0.3, 0.4) is 0 Å². The van der Waals surface area contributed by atoms with Crippen LogP contribution in [-0.4, -0.2) is 29.4 Å². The van der Waals surface area contributed by atoms with Crippen LogP contribution < -0.4 is 9.47 Å². The van der Waals surface area contributed by atoms with Crippen LogP contribution in [0.2, 0.25) is 0 Å². The molecule has 0 fully saturated rings. The van der Waals surface area contributed by atoms with Crippen LogP contribution in [0.1, 0.15) is 39.5 Å². The third-order valence-electron chi connectivity index (χ3n) is 7.06. The van der Waals surface area contributed by atoms with Crippen LogP contribution in [0, 0.1) is 0 Å². The van der Waals surface area contributed by atoms with E-state index < -0.39 is 0 Å². The lowest BCUT2D eigenvalue weighted by Crippen LogP contribution is -2.32. The first-order chi connectivity index (χ1) is 19.1. The zero-order valence-corrected chi connectivity index (χ0v) is 22.5. The summed E-state index contributed by atoms with van der Waals surface area (Å²) in [6.07, 6.45) is 3.74. The lowest BCUT2D eigenvalue weighted by atomic mass is 10.1. The summed E-state index contributed by atoms with van der Waals surface area (Å²) in [5.74, 6) is 1.34. The zero-order valence-electron chi connectivity index (χ0n) is 22.5. The molecule has 0 saturated heterocycles. The van der Waals surface area contributed by atoms with E-state index in [0.29, 0.717) is 36.8 Å². The van der Waals surface area contributed by atoms with Crippen molar-refractivity contribution in [1.29, 1.82) is 0 Å². The number of nitrogens with zero attached hydrogens (tertiary/aromatic N) is 1. The first-order valence-corrected chi connectivity index (χ1v) is 13.4. The molecule has 4 aromatic carbocycles. The Balaban J connectivity index is 1.38. The summed E-state index contributed by atoms with van der Waals surface area (Å²) >= 11 is 0. The minimum Gasteiger partial charge on any atom is -0.493 e. The lowest BCUT2D eigenvalue weighted by molar-refractivity contribution is 0.0745. The van der Waals surface area contributed by atoms with Crippen molar-refractivity contribution < 1.29 is 14.3 Å². The van der Waals surface area contributed by atoms with Gasteiger partial charge in [0.1, 0.15) is 6.61 Å². The van der Waals surface area contributed by atoms with E-state index in [0.717, 1.165) is 29.5 Å². The molecular formula is C34H34N2O3. The Labute approximate surface area is 230 Å². The summed E-state index contributed by atoms with van der Waals surface area (Å²) in [4.78, 5) is 19.0. The van der Waals surface area contributed by atoms with Gasteiger partial charge in [-0.25, -0.2) is 0 Å². The molecule has 0 saturated carbocycles. The van der Waals surface area contributed by atoms with Gasteiger partial charge in [0, 0.05) is 35.8 Å². The molecule has 5 heteroatoms. The van der Waals surface area contributed by atoms with Gasteiger partial charge in [-0.1, -0.05) is 73.7 Å². The number of amides is 1.